The Bertz CT molecular complexity index is 1130. The first-order chi connectivity index (χ1) is 12.6. The molecule has 0 amide bonds. The van der Waals surface area contributed by atoms with Crippen LogP contribution in [0.5, 0.6) is 0 Å². The highest BCUT2D eigenvalue weighted by Crippen LogP contribution is 2.25. The highest BCUT2D eigenvalue weighted by Gasteiger charge is 2.17. The fraction of sp³-hybridized carbons (Fsp3) is 0.105. The number of oxazole rings is 1. The van der Waals surface area contributed by atoms with Crippen LogP contribution < -0.4 is 5.76 Å². The van der Waals surface area contributed by atoms with E-state index in [4.69, 9.17) is 20.5 Å². The van der Waals surface area contributed by atoms with Crippen molar-refractivity contribution in [3.8, 4) is 22.7 Å². The minimum atomic E-state index is -0.564. The van der Waals surface area contributed by atoms with Crippen molar-refractivity contribution in [2.24, 2.45) is 0 Å². The zero-order valence-electron chi connectivity index (χ0n) is 13.8. The second kappa shape index (κ2) is 6.65. The molecular weight excluding hydrogens is 354 g/mol. The first-order valence-electron chi connectivity index (χ1n) is 7.95. The van der Waals surface area contributed by atoms with Crippen molar-refractivity contribution in [3.05, 3.63) is 81.8 Å². The van der Waals surface area contributed by atoms with Gasteiger partial charge >= 0.3 is 5.76 Å². The van der Waals surface area contributed by atoms with Gasteiger partial charge in [0.15, 0.2) is 11.6 Å². The summed E-state index contributed by atoms with van der Waals surface area (Å²) in [5, 5.41) is 4.52. The molecule has 0 saturated carbocycles. The largest absolute Gasteiger partial charge is 0.442 e. The summed E-state index contributed by atoms with van der Waals surface area (Å²) in [5.41, 5.74) is 2.62. The normalized spacial score (nSPS) is 11.0. The average molecular weight is 368 g/mol. The molecule has 0 unspecified atom stereocenters. The SMILES string of the molecule is Cc1ccccc1-c1noc(=O)n1Cc1ncc(-c2cccc(Cl)c2)o1. The maximum atomic E-state index is 12.1. The molecule has 26 heavy (non-hydrogen) atoms. The van der Waals surface area contributed by atoms with Crippen LogP contribution in [0.25, 0.3) is 22.7 Å². The van der Waals surface area contributed by atoms with Gasteiger partial charge in [0.1, 0.15) is 6.54 Å². The third kappa shape index (κ3) is 3.07. The Morgan fingerprint density at radius 2 is 2.00 bits per heavy atom. The zero-order chi connectivity index (χ0) is 18.1. The number of rotatable bonds is 4. The lowest BCUT2D eigenvalue weighted by Gasteiger charge is -2.05. The van der Waals surface area contributed by atoms with Crippen molar-refractivity contribution in [2.45, 2.75) is 13.5 Å². The molecule has 0 aliphatic heterocycles. The van der Waals surface area contributed by atoms with Crippen molar-refractivity contribution < 1.29 is 8.94 Å². The average Bonchev–Trinajstić information content (AvgIpc) is 3.24. The smallest absolute Gasteiger partial charge is 0.439 e. The fourth-order valence-corrected chi connectivity index (χ4v) is 2.91. The van der Waals surface area contributed by atoms with Crippen LogP contribution in [-0.2, 0) is 6.54 Å². The van der Waals surface area contributed by atoms with Gasteiger partial charge in [-0.1, -0.05) is 53.2 Å². The first-order valence-corrected chi connectivity index (χ1v) is 8.33. The maximum Gasteiger partial charge on any atom is 0.442 e. The van der Waals surface area contributed by atoms with Crippen molar-refractivity contribution in [1.29, 1.82) is 0 Å². The lowest BCUT2D eigenvalue weighted by Crippen LogP contribution is -2.16. The Balaban J connectivity index is 1.68. The molecule has 4 rings (SSSR count). The molecule has 2 heterocycles. The third-order valence-corrected chi connectivity index (χ3v) is 4.26. The first kappa shape index (κ1) is 16.4. The van der Waals surface area contributed by atoms with Crippen LogP contribution in [0.15, 0.2) is 68.5 Å². The molecule has 0 spiro atoms. The third-order valence-electron chi connectivity index (χ3n) is 4.03. The van der Waals surface area contributed by atoms with Crippen LogP contribution in [0.4, 0.5) is 0 Å². The van der Waals surface area contributed by atoms with E-state index in [1.54, 1.807) is 18.3 Å². The van der Waals surface area contributed by atoms with Gasteiger partial charge in [-0.3, -0.25) is 4.52 Å². The quantitative estimate of drug-likeness (QED) is 0.541. The standard InChI is InChI=1S/C19H14ClN3O3/c1-12-5-2-3-8-15(12)18-22-26-19(24)23(18)11-17-21-10-16(25-17)13-6-4-7-14(20)9-13/h2-10H,11H2,1H3. The number of hydrogen-bond acceptors (Lipinski definition) is 5. The van der Waals surface area contributed by atoms with Gasteiger partial charge < -0.3 is 4.42 Å². The van der Waals surface area contributed by atoms with Gasteiger partial charge in [-0.15, -0.1) is 0 Å². The molecule has 130 valence electrons. The van der Waals surface area contributed by atoms with Crippen LogP contribution in [0.1, 0.15) is 11.5 Å². The Morgan fingerprint density at radius 1 is 1.15 bits per heavy atom. The Hall–Kier alpha value is -3.12. The van der Waals surface area contributed by atoms with Gasteiger partial charge in [0.05, 0.1) is 6.20 Å². The highest BCUT2D eigenvalue weighted by molar-refractivity contribution is 6.30. The molecule has 0 aliphatic rings. The summed E-state index contributed by atoms with van der Waals surface area (Å²) in [4.78, 5) is 16.4. The van der Waals surface area contributed by atoms with Gasteiger partial charge in [-0.05, 0) is 24.6 Å². The molecule has 2 aromatic heterocycles. The molecule has 0 N–H and O–H groups in total. The number of benzene rings is 2. The summed E-state index contributed by atoms with van der Waals surface area (Å²) in [6.45, 7) is 2.06. The van der Waals surface area contributed by atoms with Crippen LogP contribution in [0, 0.1) is 6.92 Å². The van der Waals surface area contributed by atoms with Crippen molar-refractivity contribution in [2.75, 3.05) is 0 Å². The molecule has 0 saturated heterocycles. The number of aryl methyl sites for hydroxylation is 1. The monoisotopic (exact) mass is 367 g/mol. The van der Waals surface area contributed by atoms with E-state index in [0.717, 1.165) is 16.7 Å². The van der Waals surface area contributed by atoms with E-state index in [-0.39, 0.29) is 6.54 Å². The summed E-state index contributed by atoms with van der Waals surface area (Å²) >= 11 is 6.01. The number of halogens is 1. The predicted molar refractivity (Wildman–Crippen MR) is 97.0 cm³/mol. The second-order valence-corrected chi connectivity index (χ2v) is 6.24. The minimum Gasteiger partial charge on any atom is -0.439 e. The minimum absolute atomic E-state index is 0.118. The molecule has 0 radical (unpaired) electrons. The van der Waals surface area contributed by atoms with Gasteiger partial charge in [0.25, 0.3) is 0 Å². The summed E-state index contributed by atoms with van der Waals surface area (Å²) in [7, 11) is 0. The molecule has 0 atom stereocenters. The van der Waals surface area contributed by atoms with Crippen molar-refractivity contribution in [3.63, 3.8) is 0 Å². The molecule has 0 aliphatic carbocycles. The summed E-state index contributed by atoms with van der Waals surface area (Å²) < 4.78 is 12.0. The highest BCUT2D eigenvalue weighted by atomic mass is 35.5. The second-order valence-electron chi connectivity index (χ2n) is 5.80. The maximum absolute atomic E-state index is 12.1. The number of nitrogens with zero attached hydrogens (tertiary/aromatic N) is 3. The molecule has 7 heteroatoms. The van der Waals surface area contributed by atoms with Gasteiger partial charge in [0, 0.05) is 16.1 Å². The number of hydrogen-bond donors (Lipinski definition) is 0. The van der Waals surface area contributed by atoms with E-state index in [2.05, 4.69) is 10.1 Å². The van der Waals surface area contributed by atoms with E-state index in [1.807, 2.05) is 43.3 Å². The molecule has 0 fully saturated rings. The summed E-state index contributed by atoms with van der Waals surface area (Å²) in [6.07, 6.45) is 1.60. The fourth-order valence-electron chi connectivity index (χ4n) is 2.72. The van der Waals surface area contributed by atoms with Gasteiger partial charge in [-0.25, -0.2) is 14.3 Å². The summed E-state index contributed by atoms with van der Waals surface area (Å²) in [5.74, 6) is 0.825. The van der Waals surface area contributed by atoms with Crippen LogP contribution in [0.2, 0.25) is 5.02 Å². The van der Waals surface area contributed by atoms with Gasteiger partial charge in [-0.2, -0.15) is 0 Å². The Labute approximate surface area is 153 Å². The Morgan fingerprint density at radius 3 is 2.81 bits per heavy atom. The number of aromatic nitrogens is 3. The van der Waals surface area contributed by atoms with Crippen LogP contribution >= 0.6 is 11.6 Å². The Kier molecular flexibility index (Phi) is 4.18. The van der Waals surface area contributed by atoms with E-state index < -0.39 is 5.76 Å². The topological polar surface area (TPSA) is 74.1 Å². The van der Waals surface area contributed by atoms with E-state index >= 15 is 0 Å². The van der Waals surface area contributed by atoms with E-state index in [0.29, 0.717) is 22.5 Å². The predicted octanol–water partition coefficient (Wildman–Crippen LogP) is 4.17. The molecule has 6 nitrogen and oxygen atoms in total. The van der Waals surface area contributed by atoms with E-state index in [1.165, 1.54) is 4.57 Å². The van der Waals surface area contributed by atoms with Crippen molar-refractivity contribution in [1.82, 2.24) is 14.7 Å². The molecule has 0 bridgehead atoms. The molecule has 2 aromatic carbocycles. The van der Waals surface area contributed by atoms with Gasteiger partial charge in [0.2, 0.25) is 5.89 Å². The van der Waals surface area contributed by atoms with E-state index in [9.17, 15) is 4.79 Å². The van der Waals surface area contributed by atoms with Crippen LogP contribution in [0.3, 0.4) is 0 Å². The molecular formula is C19H14ClN3O3. The lowest BCUT2D eigenvalue weighted by atomic mass is 10.1. The summed E-state index contributed by atoms with van der Waals surface area (Å²) in [6, 6.07) is 14.9. The zero-order valence-corrected chi connectivity index (χ0v) is 14.6. The molecule has 4 aromatic rings. The van der Waals surface area contributed by atoms with Crippen molar-refractivity contribution >= 4 is 11.6 Å². The lowest BCUT2D eigenvalue weighted by molar-refractivity contribution is 0.374. The van der Waals surface area contributed by atoms with Crippen LogP contribution in [-0.4, -0.2) is 14.7 Å².